The Bertz CT molecular complexity index is 1950. The number of fused-ring (bicyclic) bond motifs is 2. The third-order valence-electron chi connectivity index (χ3n) is 8.21. The first-order valence-corrected chi connectivity index (χ1v) is 16.1. The van der Waals surface area contributed by atoms with Crippen LogP contribution < -0.4 is 21.3 Å². The summed E-state index contributed by atoms with van der Waals surface area (Å²) in [5.41, 5.74) is 0.240. The quantitative estimate of drug-likeness (QED) is 0.190. The molecule has 2 atom stereocenters. The molecule has 4 heterocycles. The number of carboxylic acids is 1. The minimum Gasteiger partial charge on any atom is -0.480 e. The molecule has 6 rings (SSSR count). The fraction of sp³-hybridized carbons (Fsp3) is 0.389. The number of amides is 8. The minimum absolute atomic E-state index is 0. The Kier molecular flexibility index (Phi) is 12.8. The van der Waals surface area contributed by atoms with E-state index in [1.807, 2.05) is 0 Å². The van der Waals surface area contributed by atoms with E-state index in [1.165, 1.54) is 24.3 Å². The highest BCUT2D eigenvalue weighted by Gasteiger charge is 2.47. The van der Waals surface area contributed by atoms with Gasteiger partial charge in [-0.1, -0.05) is 27.0 Å². The highest BCUT2D eigenvalue weighted by atomic mass is 16.6. The zero-order valence-electron chi connectivity index (χ0n) is 28.2. The van der Waals surface area contributed by atoms with Gasteiger partial charge in [0.15, 0.2) is 0 Å². The van der Waals surface area contributed by atoms with Gasteiger partial charge in [0, 0.05) is 24.2 Å². The Morgan fingerprint density at radius 1 is 0.704 bits per heavy atom. The third kappa shape index (κ3) is 8.59. The van der Waals surface area contributed by atoms with Gasteiger partial charge in [-0.15, -0.1) is 0 Å². The van der Waals surface area contributed by atoms with Crippen molar-refractivity contribution in [1.29, 1.82) is 0 Å². The summed E-state index contributed by atoms with van der Waals surface area (Å²) in [6, 6.07) is 6.99. The van der Waals surface area contributed by atoms with Crippen LogP contribution >= 0.6 is 0 Å². The molecule has 0 saturated carbocycles. The van der Waals surface area contributed by atoms with E-state index < -0.39 is 83.4 Å². The Morgan fingerprint density at radius 3 is 1.48 bits per heavy atom. The fourth-order valence-corrected chi connectivity index (χ4v) is 6.04. The van der Waals surface area contributed by atoms with Crippen molar-refractivity contribution in [3.63, 3.8) is 0 Å². The van der Waals surface area contributed by atoms with Crippen LogP contribution in [-0.2, 0) is 33.5 Å². The summed E-state index contributed by atoms with van der Waals surface area (Å²) in [4.78, 5) is 122. The Balaban J connectivity index is 0.000000283. The van der Waals surface area contributed by atoms with Crippen LogP contribution in [0.3, 0.4) is 0 Å². The van der Waals surface area contributed by atoms with Gasteiger partial charge in [0.25, 0.3) is 23.6 Å². The molecule has 2 fully saturated rings. The third-order valence-corrected chi connectivity index (χ3v) is 8.21. The second-order valence-electron chi connectivity index (χ2n) is 13.0. The topological polar surface area (TPSA) is 255 Å². The van der Waals surface area contributed by atoms with Crippen molar-refractivity contribution in [2.45, 2.75) is 79.0 Å². The maximum absolute atomic E-state index is 12.9. The molecule has 0 aliphatic carbocycles. The molecule has 5 N–H and O–H groups in total. The van der Waals surface area contributed by atoms with E-state index in [9.17, 15) is 47.9 Å². The summed E-state index contributed by atoms with van der Waals surface area (Å²) in [5.74, 6) is -6.43. The number of carbonyl (C=O) groups is 10. The normalized spacial score (nSPS) is 18.9. The number of benzene rings is 2. The van der Waals surface area contributed by atoms with E-state index in [4.69, 9.17) is 9.84 Å². The largest absolute Gasteiger partial charge is 0.480 e. The molecule has 4 aliphatic heterocycles. The number of nitrogens with one attached hydrogen (secondary N) is 4. The van der Waals surface area contributed by atoms with Crippen molar-refractivity contribution >= 4 is 70.6 Å². The lowest BCUT2D eigenvalue weighted by Crippen LogP contribution is -2.54. The van der Waals surface area contributed by atoms with Crippen molar-refractivity contribution in [2.24, 2.45) is 0 Å². The Hall–Kier alpha value is -6.46. The molecule has 54 heavy (non-hydrogen) atoms. The second kappa shape index (κ2) is 16.5. The number of aliphatic carboxylic acids is 1. The molecule has 0 radical (unpaired) electrons. The van der Waals surface area contributed by atoms with Gasteiger partial charge in [0.2, 0.25) is 23.6 Å². The van der Waals surface area contributed by atoms with E-state index in [-0.39, 0.29) is 75.0 Å². The molecule has 2 aromatic rings. The number of anilines is 2. The summed E-state index contributed by atoms with van der Waals surface area (Å²) in [6.45, 7) is 4.62. The van der Waals surface area contributed by atoms with Crippen LogP contribution in [-0.4, -0.2) is 105 Å². The first-order valence-electron chi connectivity index (χ1n) is 16.1. The molecule has 18 nitrogen and oxygen atoms in total. The second-order valence-corrected chi connectivity index (χ2v) is 13.0. The molecule has 0 bridgehead atoms. The molecule has 0 spiro atoms. The zero-order chi connectivity index (χ0) is 38.1. The van der Waals surface area contributed by atoms with E-state index >= 15 is 0 Å². The van der Waals surface area contributed by atoms with E-state index in [2.05, 4.69) is 21.3 Å². The van der Waals surface area contributed by atoms with Crippen molar-refractivity contribution in [2.75, 3.05) is 23.7 Å². The van der Waals surface area contributed by atoms with E-state index in [0.717, 1.165) is 9.80 Å². The van der Waals surface area contributed by atoms with Gasteiger partial charge in [-0.05, 0) is 57.9 Å². The summed E-state index contributed by atoms with van der Waals surface area (Å²) >= 11 is 0. The van der Waals surface area contributed by atoms with Crippen LogP contribution in [0.5, 0.6) is 0 Å². The van der Waals surface area contributed by atoms with Crippen molar-refractivity contribution < 1.29 is 57.8 Å². The number of ether oxygens (including phenoxy) is 1. The molecule has 288 valence electrons. The standard InChI is InChI=1S/C19H21N3O6.C15H13N3O6.2CH4/c1-19(2,3)28-14(24)9-20-11-6-4-5-10-15(11)18(27)22(17(10)26)12-7-8-13(23)21-16(12)25;19-10-5-4-9(13(22)17-10)18-14(23)7-2-1-3-8(12(7)15(18)24)16-6-11(20)21;;/h4-6,12,20H,7-9H2,1-3H3,(H,21,23,25);1-3,9,16H,4-6H2,(H,20,21)(H,17,19,22);2*1H4. The number of rotatable bonds is 8. The maximum Gasteiger partial charge on any atom is 0.325 e. The van der Waals surface area contributed by atoms with Crippen LogP contribution in [0.15, 0.2) is 36.4 Å². The molecular weight excluding hydrogens is 708 g/mol. The molecule has 0 aromatic heterocycles. The van der Waals surface area contributed by atoms with Crippen LogP contribution in [0.1, 0.15) is 103 Å². The number of piperidine rings is 2. The monoisotopic (exact) mass is 750 g/mol. The molecular formula is C36H42N6O12. The number of esters is 1. The number of nitrogens with zero attached hydrogens (tertiary/aromatic N) is 2. The average Bonchev–Trinajstić information content (AvgIpc) is 3.47. The Labute approximate surface area is 309 Å². The van der Waals surface area contributed by atoms with Crippen LogP contribution in [0.2, 0.25) is 0 Å². The summed E-state index contributed by atoms with van der Waals surface area (Å²) in [6.07, 6.45) is 0.228. The number of carboxylic acid groups (broad SMARTS) is 1. The van der Waals surface area contributed by atoms with E-state index in [0.29, 0.717) is 5.69 Å². The highest BCUT2D eigenvalue weighted by molar-refractivity contribution is 6.26. The van der Waals surface area contributed by atoms with Gasteiger partial charge >= 0.3 is 11.9 Å². The lowest BCUT2D eigenvalue weighted by Gasteiger charge is -2.27. The van der Waals surface area contributed by atoms with Gasteiger partial charge in [-0.25, -0.2) is 0 Å². The predicted octanol–water partition coefficient (Wildman–Crippen LogP) is 1.70. The highest BCUT2D eigenvalue weighted by Crippen LogP contribution is 2.33. The molecule has 18 heteroatoms. The fourth-order valence-electron chi connectivity index (χ4n) is 6.04. The van der Waals surface area contributed by atoms with Gasteiger partial charge in [-0.2, -0.15) is 0 Å². The zero-order valence-corrected chi connectivity index (χ0v) is 28.2. The SMILES string of the molecule is C.C.CC(C)(C)OC(=O)CNc1cccc2c1C(=O)N(C1CCC(=O)NC1=O)C2=O.O=C(O)CNc1cccc2c1C(=O)N(C1CCC(=O)NC1=O)C2=O. The number of hydrogen-bond acceptors (Lipinski definition) is 13. The van der Waals surface area contributed by atoms with E-state index in [1.54, 1.807) is 32.9 Å². The predicted molar refractivity (Wildman–Crippen MR) is 190 cm³/mol. The maximum atomic E-state index is 12.9. The molecule has 4 aliphatic rings. The lowest BCUT2D eigenvalue weighted by atomic mass is 10.0. The lowest BCUT2D eigenvalue weighted by molar-refractivity contribution is -0.152. The van der Waals surface area contributed by atoms with Gasteiger partial charge in [0.1, 0.15) is 30.8 Å². The Morgan fingerprint density at radius 2 is 1.11 bits per heavy atom. The van der Waals surface area contributed by atoms with Crippen LogP contribution in [0, 0.1) is 0 Å². The smallest absolute Gasteiger partial charge is 0.325 e. The average molecular weight is 751 g/mol. The van der Waals surface area contributed by atoms with Gasteiger partial charge in [-0.3, -0.25) is 68.4 Å². The summed E-state index contributed by atoms with van der Waals surface area (Å²) < 4.78 is 5.22. The van der Waals surface area contributed by atoms with Gasteiger partial charge in [0.05, 0.1) is 22.3 Å². The van der Waals surface area contributed by atoms with Crippen molar-refractivity contribution in [1.82, 2.24) is 20.4 Å². The van der Waals surface area contributed by atoms with Gasteiger partial charge < -0.3 is 20.5 Å². The summed E-state index contributed by atoms with van der Waals surface area (Å²) in [7, 11) is 0. The first kappa shape index (κ1) is 42.0. The molecule has 8 amide bonds. The van der Waals surface area contributed by atoms with Crippen molar-refractivity contribution in [3.8, 4) is 0 Å². The van der Waals surface area contributed by atoms with Crippen LogP contribution in [0.25, 0.3) is 0 Å². The minimum atomic E-state index is -1.12. The first-order chi connectivity index (χ1) is 24.5. The summed E-state index contributed by atoms with van der Waals surface area (Å²) in [5, 5.41) is 18.4. The van der Waals surface area contributed by atoms with Crippen LogP contribution in [0.4, 0.5) is 11.4 Å². The number of carbonyl (C=O) groups excluding carboxylic acids is 9. The number of imide groups is 4. The van der Waals surface area contributed by atoms with Crippen molar-refractivity contribution in [3.05, 3.63) is 58.7 Å². The molecule has 2 saturated heterocycles. The number of hydrogen-bond donors (Lipinski definition) is 5. The molecule has 2 aromatic carbocycles. The molecule has 2 unspecified atom stereocenters.